The molecule has 62 valence electrons. The Balaban J connectivity index is 0.000000720. The van der Waals surface area contributed by atoms with Crippen molar-refractivity contribution in [2.24, 2.45) is 16.7 Å². The van der Waals surface area contributed by atoms with Crippen LogP contribution in [0, 0.1) is 16.7 Å². The Kier molecular flexibility index (Phi) is 2.11. The van der Waals surface area contributed by atoms with Crippen LogP contribution in [0.5, 0.6) is 0 Å². The molecule has 2 rings (SSSR count). The fraction of sp³-hybridized carbons (Fsp3) is 0.875. The van der Waals surface area contributed by atoms with Crippen molar-refractivity contribution in [1.82, 2.24) is 5.32 Å². The quantitative estimate of drug-likeness (QED) is 0.399. The van der Waals surface area contributed by atoms with Gasteiger partial charge in [-0.15, -0.1) is 0 Å². The van der Waals surface area contributed by atoms with E-state index in [1.54, 1.807) is 0 Å². The molecule has 2 fully saturated rings. The summed E-state index contributed by atoms with van der Waals surface area (Å²) >= 11 is 0. The van der Waals surface area contributed by atoms with Crippen LogP contribution in [0.25, 0.3) is 0 Å². The Hall–Kier alpha value is 0.0274. The van der Waals surface area contributed by atoms with Crippen molar-refractivity contribution >= 4 is 5.97 Å². The number of fused-ring (bicyclic) bond motifs is 1. The molecule has 2 atom stereocenters. The molecule has 4 heteroatoms. The van der Waals surface area contributed by atoms with Crippen LogP contribution in [0.15, 0.2) is 0 Å². The summed E-state index contributed by atoms with van der Waals surface area (Å²) in [4.78, 5) is 10.8. The van der Waals surface area contributed by atoms with E-state index in [0.29, 0.717) is 12.5 Å². The van der Waals surface area contributed by atoms with E-state index in [2.05, 4.69) is 5.32 Å². The van der Waals surface area contributed by atoms with Crippen molar-refractivity contribution in [1.29, 1.82) is 0 Å². The van der Waals surface area contributed by atoms with Gasteiger partial charge in [0, 0.05) is 17.9 Å². The van der Waals surface area contributed by atoms with Crippen LogP contribution in [0.3, 0.4) is 0 Å². The summed E-state index contributed by atoms with van der Waals surface area (Å²) in [6.07, 6.45) is 0. The maximum atomic E-state index is 10.8. The van der Waals surface area contributed by atoms with Crippen molar-refractivity contribution in [2.45, 2.75) is 13.8 Å². The van der Waals surface area contributed by atoms with Gasteiger partial charge in [-0.05, 0) is 17.9 Å². The number of carboxylic acid groups (broad SMARTS) is 1. The third-order valence-electron chi connectivity index (χ3n) is 3.65. The number of nitrogens with one attached hydrogen (secondary N) is 1. The van der Waals surface area contributed by atoms with Crippen LogP contribution in [-0.4, -0.2) is 19.1 Å². The Bertz CT molecular complexity index is 229. The summed E-state index contributed by atoms with van der Waals surface area (Å²) in [6, 6.07) is 0. The zero-order valence-corrected chi connectivity index (χ0v) is 7.81. The molecule has 0 aromatic heterocycles. The molecular weight excluding hydrogens is 149 g/mol. The molecule has 1 heterocycles. The van der Waals surface area contributed by atoms with E-state index >= 15 is 0 Å². The third-order valence-corrected chi connectivity index (χ3v) is 3.65. The summed E-state index contributed by atoms with van der Waals surface area (Å²) in [5.41, 5.74) is -0.593. The number of carbonyl (C=O) groups is 1. The van der Waals surface area contributed by atoms with Crippen LogP contribution >= 0.6 is 0 Å². The smallest absolute Gasteiger partial charge is 0.549 e. The zero-order chi connectivity index (χ0) is 8.28. The molecule has 0 bridgehead atoms. The predicted octanol–water partition coefficient (Wildman–Crippen LogP) is -4.01. The molecule has 0 unspecified atom stereocenters. The molecule has 2 aliphatic rings. The fourth-order valence-corrected chi connectivity index (χ4v) is 2.64. The minimum atomic E-state index is -0.877. The molecule has 1 aliphatic carbocycles. The number of carbonyl (C=O) groups excluding carboxylic acids is 1. The maximum Gasteiger partial charge on any atom is 1.00 e. The first-order valence-corrected chi connectivity index (χ1v) is 3.95. The number of piperidine rings is 1. The second-order valence-corrected chi connectivity index (χ2v) is 4.16. The second kappa shape index (κ2) is 2.51. The van der Waals surface area contributed by atoms with Gasteiger partial charge in [0.25, 0.3) is 0 Å². The molecule has 1 saturated heterocycles. The molecule has 1 aliphatic heterocycles. The molecule has 0 radical (unpaired) electrons. The van der Waals surface area contributed by atoms with Crippen molar-refractivity contribution in [3.8, 4) is 0 Å². The minimum absolute atomic E-state index is 0. The van der Waals surface area contributed by atoms with Crippen LogP contribution in [-0.2, 0) is 4.79 Å². The number of hydrogen-bond acceptors (Lipinski definition) is 3. The van der Waals surface area contributed by atoms with Crippen LogP contribution < -0.4 is 29.3 Å². The van der Waals surface area contributed by atoms with Crippen molar-refractivity contribution in [3.05, 3.63) is 0 Å². The van der Waals surface area contributed by atoms with Gasteiger partial charge in [-0.25, -0.2) is 0 Å². The third kappa shape index (κ3) is 0.797. The largest absolute Gasteiger partial charge is 1.00 e. The molecule has 3 nitrogen and oxygen atoms in total. The van der Waals surface area contributed by atoms with Gasteiger partial charge < -0.3 is 15.2 Å². The van der Waals surface area contributed by atoms with Gasteiger partial charge in [0.2, 0.25) is 0 Å². The number of hydrogen-bond donors (Lipinski definition) is 1. The van der Waals surface area contributed by atoms with Crippen molar-refractivity contribution in [2.75, 3.05) is 13.1 Å². The Morgan fingerprint density at radius 2 is 2.17 bits per heavy atom. The molecule has 0 spiro atoms. The van der Waals surface area contributed by atoms with E-state index < -0.39 is 11.4 Å². The molecule has 1 N–H and O–H groups in total. The maximum absolute atomic E-state index is 10.8. The van der Waals surface area contributed by atoms with E-state index in [4.69, 9.17) is 0 Å². The average molecular weight is 161 g/mol. The van der Waals surface area contributed by atoms with E-state index in [0.717, 1.165) is 6.54 Å². The van der Waals surface area contributed by atoms with Gasteiger partial charge in [0.05, 0.1) is 0 Å². The van der Waals surface area contributed by atoms with Gasteiger partial charge in [0.1, 0.15) is 0 Å². The summed E-state index contributed by atoms with van der Waals surface area (Å²) in [7, 11) is 0. The monoisotopic (exact) mass is 161 g/mol. The molecule has 0 aromatic rings. The SMILES string of the molecule is CC1(C)[C@@H]2CNC[C@@]21C(=O)[O-].[Li+]. The first kappa shape index (κ1) is 10.1. The zero-order valence-electron chi connectivity index (χ0n) is 7.81. The molecule has 1 saturated carbocycles. The van der Waals surface area contributed by atoms with E-state index in [1.807, 2.05) is 13.8 Å². The van der Waals surface area contributed by atoms with Crippen LogP contribution in [0.2, 0.25) is 0 Å². The summed E-state index contributed by atoms with van der Waals surface area (Å²) in [5.74, 6) is -0.586. The van der Waals surface area contributed by atoms with Gasteiger partial charge in [-0.3, -0.25) is 0 Å². The standard InChI is InChI=1S/C8H13NO2.Li/c1-7(2)5-3-9-4-8(5,7)6(10)11;/h5,9H,3-4H2,1-2H3,(H,10,11);/q;+1/p-1/t5-,8-;/m0./s1. The molecule has 0 amide bonds. The summed E-state index contributed by atoms with van der Waals surface area (Å²) in [5, 5.41) is 13.9. The topological polar surface area (TPSA) is 52.2 Å². The van der Waals surface area contributed by atoms with E-state index in [-0.39, 0.29) is 24.3 Å². The minimum Gasteiger partial charge on any atom is -0.549 e. The fourth-order valence-electron chi connectivity index (χ4n) is 2.64. The Morgan fingerprint density at radius 3 is 2.42 bits per heavy atom. The van der Waals surface area contributed by atoms with Crippen molar-refractivity contribution in [3.63, 3.8) is 0 Å². The van der Waals surface area contributed by atoms with E-state index in [9.17, 15) is 9.90 Å². The van der Waals surface area contributed by atoms with Crippen LogP contribution in [0.1, 0.15) is 13.8 Å². The molecule has 12 heavy (non-hydrogen) atoms. The molecular formula is C8H12LiNO2. The Morgan fingerprint density at radius 1 is 1.58 bits per heavy atom. The second-order valence-electron chi connectivity index (χ2n) is 4.16. The number of rotatable bonds is 1. The van der Waals surface area contributed by atoms with Crippen molar-refractivity contribution < 1.29 is 28.8 Å². The first-order chi connectivity index (χ1) is 5.03. The van der Waals surface area contributed by atoms with Gasteiger partial charge in [0.15, 0.2) is 0 Å². The number of carboxylic acids is 1. The number of aliphatic carboxylic acids is 1. The van der Waals surface area contributed by atoms with Gasteiger partial charge in [-0.1, -0.05) is 13.8 Å². The average Bonchev–Trinajstić information content (AvgIpc) is 2.25. The first-order valence-electron chi connectivity index (χ1n) is 3.95. The normalized spacial score (nSPS) is 41.3. The van der Waals surface area contributed by atoms with Crippen LogP contribution in [0.4, 0.5) is 0 Å². The Labute approximate surface area is 84.1 Å². The van der Waals surface area contributed by atoms with Gasteiger partial charge >= 0.3 is 18.9 Å². The summed E-state index contributed by atoms with van der Waals surface area (Å²) in [6.45, 7) is 5.44. The summed E-state index contributed by atoms with van der Waals surface area (Å²) < 4.78 is 0. The molecule has 0 aromatic carbocycles. The predicted molar refractivity (Wildman–Crippen MR) is 37.6 cm³/mol. The van der Waals surface area contributed by atoms with Gasteiger partial charge in [-0.2, -0.15) is 0 Å². The van der Waals surface area contributed by atoms with E-state index in [1.165, 1.54) is 0 Å².